The van der Waals surface area contributed by atoms with E-state index in [2.05, 4.69) is 22.5 Å². The molecule has 1 heterocycles. The maximum atomic E-state index is 11.7. The second-order valence-electron chi connectivity index (χ2n) is 4.18. The quantitative estimate of drug-likeness (QED) is 0.789. The predicted molar refractivity (Wildman–Crippen MR) is 64.1 cm³/mol. The lowest BCUT2D eigenvalue weighted by Crippen LogP contribution is -2.15. The highest BCUT2D eigenvalue weighted by Gasteiger charge is 2.14. The van der Waals surface area contributed by atoms with Gasteiger partial charge >= 0.3 is 0 Å². The van der Waals surface area contributed by atoms with Crippen molar-refractivity contribution in [2.45, 2.75) is 26.2 Å². The highest BCUT2D eigenvalue weighted by molar-refractivity contribution is 5.90. The molecule has 84 valence electrons. The van der Waals surface area contributed by atoms with Crippen molar-refractivity contribution >= 4 is 11.7 Å². The summed E-state index contributed by atoms with van der Waals surface area (Å²) in [6, 6.07) is 5.62. The summed E-state index contributed by atoms with van der Waals surface area (Å²) in [4.78, 5) is 15.9. The summed E-state index contributed by atoms with van der Waals surface area (Å²) in [7, 11) is 0. The van der Waals surface area contributed by atoms with E-state index in [4.69, 9.17) is 0 Å². The number of rotatable bonds is 3. The summed E-state index contributed by atoms with van der Waals surface area (Å²) in [6.45, 7) is 1.91. The van der Waals surface area contributed by atoms with Gasteiger partial charge in [0.1, 0.15) is 5.82 Å². The topological polar surface area (TPSA) is 42.0 Å². The number of pyridine rings is 1. The second-order valence-corrected chi connectivity index (χ2v) is 4.18. The number of hydrogen-bond donors (Lipinski definition) is 1. The molecule has 0 aliphatic heterocycles. The van der Waals surface area contributed by atoms with E-state index in [1.165, 1.54) is 0 Å². The van der Waals surface area contributed by atoms with Crippen LogP contribution in [0, 0.1) is 12.8 Å². The smallest absolute Gasteiger partial charge is 0.226 e. The van der Waals surface area contributed by atoms with Crippen LogP contribution < -0.4 is 5.32 Å². The molecule has 0 fully saturated rings. The fraction of sp³-hybridized carbons (Fsp3) is 0.385. The zero-order valence-electron chi connectivity index (χ0n) is 9.44. The van der Waals surface area contributed by atoms with Crippen LogP contribution in [0.25, 0.3) is 0 Å². The van der Waals surface area contributed by atoms with Gasteiger partial charge in [0.15, 0.2) is 0 Å². The molecule has 0 bridgehead atoms. The molecule has 1 unspecified atom stereocenters. The monoisotopic (exact) mass is 216 g/mol. The van der Waals surface area contributed by atoms with E-state index >= 15 is 0 Å². The molecular formula is C13H16N2O. The molecule has 1 atom stereocenters. The van der Waals surface area contributed by atoms with E-state index in [-0.39, 0.29) is 5.91 Å². The molecule has 0 spiro atoms. The molecule has 1 aliphatic carbocycles. The number of anilines is 1. The Morgan fingerprint density at radius 2 is 2.44 bits per heavy atom. The first-order valence-corrected chi connectivity index (χ1v) is 5.64. The fourth-order valence-corrected chi connectivity index (χ4v) is 1.91. The minimum absolute atomic E-state index is 0.0506. The summed E-state index contributed by atoms with van der Waals surface area (Å²) in [5, 5.41) is 2.83. The van der Waals surface area contributed by atoms with Crippen molar-refractivity contribution in [3.8, 4) is 0 Å². The van der Waals surface area contributed by atoms with Crippen molar-refractivity contribution in [1.29, 1.82) is 0 Å². The highest BCUT2D eigenvalue weighted by Crippen LogP contribution is 2.20. The Kier molecular flexibility index (Phi) is 3.34. The van der Waals surface area contributed by atoms with Crippen LogP contribution in [-0.2, 0) is 4.79 Å². The molecule has 0 radical (unpaired) electrons. The van der Waals surface area contributed by atoms with Gasteiger partial charge in [-0.15, -0.1) is 0 Å². The van der Waals surface area contributed by atoms with E-state index in [9.17, 15) is 4.79 Å². The van der Waals surface area contributed by atoms with E-state index in [1.807, 2.05) is 25.1 Å². The molecule has 16 heavy (non-hydrogen) atoms. The van der Waals surface area contributed by atoms with Crippen LogP contribution in [0.4, 0.5) is 5.82 Å². The first-order chi connectivity index (χ1) is 7.74. The minimum atomic E-state index is 0.0506. The Bertz CT molecular complexity index is 412. The average molecular weight is 216 g/mol. The molecule has 3 nitrogen and oxygen atoms in total. The van der Waals surface area contributed by atoms with Gasteiger partial charge in [-0.05, 0) is 37.8 Å². The third-order valence-electron chi connectivity index (χ3n) is 2.72. The van der Waals surface area contributed by atoms with Gasteiger partial charge in [-0.25, -0.2) is 4.98 Å². The Morgan fingerprint density at radius 3 is 3.12 bits per heavy atom. The second kappa shape index (κ2) is 4.92. The number of allylic oxidation sites excluding steroid dienone is 2. The van der Waals surface area contributed by atoms with Crippen LogP contribution in [-0.4, -0.2) is 10.9 Å². The Morgan fingerprint density at radius 1 is 1.56 bits per heavy atom. The third-order valence-corrected chi connectivity index (χ3v) is 2.72. The molecule has 3 heteroatoms. The molecule has 2 rings (SSSR count). The molecule has 0 saturated heterocycles. The number of nitrogens with one attached hydrogen (secondary N) is 1. The Labute approximate surface area is 95.6 Å². The van der Waals surface area contributed by atoms with Crippen LogP contribution in [0.15, 0.2) is 30.4 Å². The van der Waals surface area contributed by atoms with E-state index < -0.39 is 0 Å². The molecule has 1 aliphatic rings. The first-order valence-electron chi connectivity index (χ1n) is 5.64. The van der Waals surface area contributed by atoms with Gasteiger partial charge < -0.3 is 5.32 Å². The SMILES string of the molecule is Cc1cccc(NC(=O)CC2C=CCC2)n1. The molecule has 1 N–H and O–H groups in total. The predicted octanol–water partition coefficient (Wildman–Crippen LogP) is 2.68. The minimum Gasteiger partial charge on any atom is -0.311 e. The zero-order valence-corrected chi connectivity index (χ0v) is 9.44. The number of hydrogen-bond acceptors (Lipinski definition) is 2. The van der Waals surface area contributed by atoms with Gasteiger partial charge in [-0.2, -0.15) is 0 Å². The summed E-state index contributed by atoms with van der Waals surface area (Å²) in [5.41, 5.74) is 0.915. The molecule has 1 amide bonds. The van der Waals surface area contributed by atoms with Gasteiger partial charge in [-0.1, -0.05) is 18.2 Å². The number of aryl methyl sites for hydroxylation is 1. The van der Waals surface area contributed by atoms with Crippen LogP contribution >= 0.6 is 0 Å². The summed E-state index contributed by atoms with van der Waals surface area (Å²) in [5.74, 6) is 1.10. The normalized spacial score (nSPS) is 18.7. The first kappa shape index (κ1) is 10.9. The Hall–Kier alpha value is -1.64. The van der Waals surface area contributed by atoms with Crippen LogP contribution in [0.2, 0.25) is 0 Å². The van der Waals surface area contributed by atoms with Crippen molar-refractivity contribution in [1.82, 2.24) is 4.98 Å². The maximum Gasteiger partial charge on any atom is 0.226 e. The number of nitrogens with zero attached hydrogens (tertiary/aromatic N) is 1. The summed E-state index contributed by atoms with van der Waals surface area (Å²) in [6.07, 6.45) is 7.02. The highest BCUT2D eigenvalue weighted by atomic mass is 16.1. The van der Waals surface area contributed by atoms with E-state index in [1.54, 1.807) is 0 Å². The van der Waals surface area contributed by atoms with Gasteiger partial charge in [0.2, 0.25) is 5.91 Å². The van der Waals surface area contributed by atoms with Crippen LogP contribution in [0.1, 0.15) is 25.0 Å². The van der Waals surface area contributed by atoms with Crippen LogP contribution in [0.3, 0.4) is 0 Å². The molecular weight excluding hydrogens is 200 g/mol. The van der Waals surface area contributed by atoms with Gasteiger partial charge in [0.25, 0.3) is 0 Å². The Balaban J connectivity index is 1.89. The number of carbonyl (C=O) groups excluding carboxylic acids is 1. The molecule has 1 aromatic rings. The summed E-state index contributed by atoms with van der Waals surface area (Å²) < 4.78 is 0. The third kappa shape index (κ3) is 2.92. The number of amides is 1. The lowest BCUT2D eigenvalue weighted by Gasteiger charge is -2.08. The largest absolute Gasteiger partial charge is 0.311 e. The van der Waals surface area contributed by atoms with E-state index in [0.29, 0.717) is 18.2 Å². The number of carbonyl (C=O) groups is 1. The lowest BCUT2D eigenvalue weighted by atomic mass is 10.1. The number of aromatic nitrogens is 1. The van der Waals surface area contributed by atoms with Gasteiger partial charge in [0, 0.05) is 12.1 Å². The van der Waals surface area contributed by atoms with Crippen molar-refractivity contribution in [2.24, 2.45) is 5.92 Å². The maximum absolute atomic E-state index is 11.7. The van der Waals surface area contributed by atoms with E-state index in [0.717, 1.165) is 18.5 Å². The molecule has 1 aromatic heterocycles. The van der Waals surface area contributed by atoms with Gasteiger partial charge in [-0.3, -0.25) is 4.79 Å². The van der Waals surface area contributed by atoms with Crippen LogP contribution in [0.5, 0.6) is 0 Å². The molecule has 0 saturated carbocycles. The van der Waals surface area contributed by atoms with Crippen molar-refractivity contribution in [2.75, 3.05) is 5.32 Å². The molecule has 0 aromatic carbocycles. The zero-order chi connectivity index (χ0) is 11.4. The van der Waals surface area contributed by atoms with Crippen molar-refractivity contribution in [3.63, 3.8) is 0 Å². The lowest BCUT2D eigenvalue weighted by molar-refractivity contribution is -0.116. The average Bonchev–Trinajstić information content (AvgIpc) is 2.70. The van der Waals surface area contributed by atoms with Gasteiger partial charge in [0.05, 0.1) is 0 Å². The standard InChI is InChI=1S/C13H16N2O/c1-10-5-4-8-12(14-10)15-13(16)9-11-6-2-3-7-11/h2,4-6,8,11H,3,7,9H2,1H3,(H,14,15,16). The van der Waals surface area contributed by atoms with Crippen molar-refractivity contribution in [3.05, 3.63) is 36.0 Å². The summed E-state index contributed by atoms with van der Waals surface area (Å²) >= 11 is 0. The fourth-order valence-electron chi connectivity index (χ4n) is 1.91. The van der Waals surface area contributed by atoms with Crippen molar-refractivity contribution < 1.29 is 4.79 Å².